The highest BCUT2D eigenvalue weighted by Crippen LogP contribution is 2.39. The molecule has 108 valence electrons. The first-order valence-corrected chi connectivity index (χ1v) is 7.71. The number of hydrogen-bond acceptors (Lipinski definition) is 2. The number of phenols is 2. The van der Waals surface area contributed by atoms with Gasteiger partial charge in [0.25, 0.3) is 0 Å². The van der Waals surface area contributed by atoms with Gasteiger partial charge in [0.05, 0.1) is 0 Å². The van der Waals surface area contributed by atoms with Crippen LogP contribution in [0.15, 0.2) is 6.07 Å². The highest BCUT2D eigenvalue weighted by Gasteiger charge is 2.15. The summed E-state index contributed by atoms with van der Waals surface area (Å²) in [4.78, 5) is 0. The third-order valence-corrected chi connectivity index (χ3v) is 3.87. The molecule has 0 spiro atoms. The Morgan fingerprint density at radius 2 is 1.63 bits per heavy atom. The minimum absolute atomic E-state index is 0.0115. The molecule has 0 bridgehead atoms. The van der Waals surface area contributed by atoms with E-state index in [1.165, 1.54) is 19.3 Å². The standard InChI is InChI=1S/C16H25ClO2/c1-3-5-7-8-10-13-12(9-6-4-2)11-14(18)15(17)16(13)19/h11,18-19H,3-10H2,1-2H3. The van der Waals surface area contributed by atoms with E-state index in [1.54, 1.807) is 6.07 Å². The molecule has 0 aliphatic rings. The Kier molecular flexibility index (Phi) is 7.07. The fraction of sp³-hybridized carbons (Fsp3) is 0.625. The fourth-order valence-electron chi connectivity index (χ4n) is 2.32. The third kappa shape index (κ3) is 4.61. The lowest BCUT2D eigenvalue weighted by Gasteiger charge is -2.14. The van der Waals surface area contributed by atoms with Crippen LogP contribution in [0.5, 0.6) is 11.5 Å². The molecule has 0 aliphatic carbocycles. The van der Waals surface area contributed by atoms with Crippen molar-refractivity contribution in [1.82, 2.24) is 0 Å². The van der Waals surface area contributed by atoms with Crippen LogP contribution >= 0.6 is 11.6 Å². The first kappa shape index (κ1) is 16.2. The molecule has 0 unspecified atom stereocenters. The van der Waals surface area contributed by atoms with Gasteiger partial charge in [-0.1, -0.05) is 51.1 Å². The molecule has 0 saturated heterocycles. The van der Waals surface area contributed by atoms with Crippen molar-refractivity contribution in [1.29, 1.82) is 0 Å². The van der Waals surface area contributed by atoms with Crippen molar-refractivity contribution >= 4 is 11.6 Å². The van der Waals surface area contributed by atoms with Gasteiger partial charge < -0.3 is 10.2 Å². The number of benzene rings is 1. The minimum Gasteiger partial charge on any atom is -0.506 e. The Bertz CT molecular complexity index is 402. The predicted octanol–water partition coefficient (Wildman–Crippen LogP) is 5.22. The van der Waals surface area contributed by atoms with E-state index in [0.29, 0.717) is 0 Å². The first-order valence-electron chi connectivity index (χ1n) is 7.33. The summed E-state index contributed by atoms with van der Waals surface area (Å²) in [6.45, 7) is 4.32. The van der Waals surface area contributed by atoms with Crippen LogP contribution in [0.1, 0.15) is 63.5 Å². The molecule has 0 heterocycles. The SMILES string of the molecule is CCCCCCc1c(CCCC)cc(O)c(Cl)c1O. The summed E-state index contributed by atoms with van der Waals surface area (Å²) >= 11 is 5.93. The fourth-order valence-corrected chi connectivity index (χ4v) is 2.49. The maximum Gasteiger partial charge on any atom is 0.141 e. The molecule has 0 saturated carbocycles. The van der Waals surface area contributed by atoms with Gasteiger partial charge in [-0.2, -0.15) is 0 Å². The molecule has 0 aliphatic heterocycles. The van der Waals surface area contributed by atoms with E-state index in [2.05, 4.69) is 13.8 Å². The number of halogens is 1. The highest BCUT2D eigenvalue weighted by molar-refractivity contribution is 6.33. The number of phenolic OH excluding ortho intramolecular Hbond substituents is 2. The molecule has 3 heteroatoms. The molecular formula is C16H25ClO2. The van der Waals surface area contributed by atoms with Crippen molar-refractivity contribution < 1.29 is 10.2 Å². The van der Waals surface area contributed by atoms with Crippen LogP contribution in [-0.4, -0.2) is 10.2 Å². The molecule has 19 heavy (non-hydrogen) atoms. The van der Waals surface area contributed by atoms with Crippen LogP contribution in [0.2, 0.25) is 5.02 Å². The van der Waals surface area contributed by atoms with E-state index in [9.17, 15) is 10.2 Å². The Labute approximate surface area is 121 Å². The number of hydrogen-bond donors (Lipinski definition) is 2. The van der Waals surface area contributed by atoms with E-state index in [0.717, 1.165) is 43.2 Å². The number of aromatic hydroxyl groups is 2. The normalized spacial score (nSPS) is 10.9. The van der Waals surface area contributed by atoms with Crippen LogP contribution in [0.25, 0.3) is 0 Å². The van der Waals surface area contributed by atoms with Gasteiger partial charge >= 0.3 is 0 Å². The van der Waals surface area contributed by atoms with Gasteiger partial charge in [0.2, 0.25) is 0 Å². The average molecular weight is 285 g/mol. The topological polar surface area (TPSA) is 40.5 Å². The Morgan fingerprint density at radius 3 is 2.26 bits per heavy atom. The van der Waals surface area contributed by atoms with E-state index >= 15 is 0 Å². The summed E-state index contributed by atoms with van der Waals surface area (Å²) < 4.78 is 0. The van der Waals surface area contributed by atoms with E-state index in [1.807, 2.05) is 0 Å². The molecule has 2 nitrogen and oxygen atoms in total. The number of rotatable bonds is 8. The second kappa shape index (κ2) is 8.31. The zero-order chi connectivity index (χ0) is 14.3. The number of aryl methyl sites for hydroxylation is 1. The van der Waals surface area contributed by atoms with Crippen LogP contribution in [0.3, 0.4) is 0 Å². The van der Waals surface area contributed by atoms with Gasteiger partial charge in [-0.25, -0.2) is 0 Å². The summed E-state index contributed by atoms with van der Waals surface area (Å²) in [5.74, 6) is 0.0619. The summed E-state index contributed by atoms with van der Waals surface area (Å²) in [5.41, 5.74) is 1.96. The maximum atomic E-state index is 10.1. The quantitative estimate of drug-likeness (QED) is 0.643. The van der Waals surface area contributed by atoms with Crippen molar-refractivity contribution in [2.24, 2.45) is 0 Å². The molecule has 0 aromatic heterocycles. The molecule has 2 N–H and O–H groups in total. The first-order chi connectivity index (χ1) is 9.11. The average Bonchev–Trinajstić information content (AvgIpc) is 2.41. The summed E-state index contributed by atoms with van der Waals surface area (Å²) in [6.07, 6.45) is 8.52. The second-order valence-corrected chi connectivity index (χ2v) is 5.49. The molecule has 1 aromatic rings. The van der Waals surface area contributed by atoms with Gasteiger partial charge in [0, 0.05) is 0 Å². The monoisotopic (exact) mass is 284 g/mol. The third-order valence-electron chi connectivity index (χ3n) is 3.50. The van der Waals surface area contributed by atoms with Gasteiger partial charge in [-0.05, 0) is 42.9 Å². The summed E-state index contributed by atoms with van der Waals surface area (Å²) in [7, 11) is 0. The zero-order valence-electron chi connectivity index (χ0n) is 12.0. The van der Waals surface area contributed by atoms with Crippen molar-refractivity contribution in [3.8, 4) is 11.5 Å². The largest absolute Gasteiger partial charge is 0.506 e. The molecule has 1 aromatic carbocycles. The summed E-state index contributed by atoms with van der Waals surface area (Å²) in [5, 5.41) is 19.9. The Hall–Kier alpha value is -0.890. The zero-order valence-corrected chi connectivity index (χ0v) is 12.8. The Morgan fingerprint density at radius 1 is 0.947 bits per heavy atom. The Balaban J connectivity index is 2.87. The lowest BCUT2D eigenvalue weighted by Crippen LogP contribution is -1.97. The van der Waals surface area contributed by atoms with E-state index in [-0.39, 0.29) is 16.5 Å². The van der Waals surface area contributed by atoms with Gasteiger partial charge in [-0.15, -0.1) is 0 Å². The number of unbranched alkanes of at least 4 members (excludes halogenated alkanes) is 4. The van der Waals surface area contributed by atoms with Crippen LogP contribution in [-0.2, 0) is 12.8 Å². The molecule has 0 radical (unpaired) electrons. The molecule has 0 atom stereocenters. The van der Waals surface area contributed by atoms with Gasteiger partial charge in [-0.3, -0.25) is 0 Å². The second-order valence-electron chi connectivity index (χ2n) is 5.11. The molecule has 0 amide bonds. The minimum atomic E-state index is -0.0115. The van der Waals surface area contributed by atoms with Crippen molar-refractivity contribution in [2.75, 3.05) is 0 Å². The maximum absolute atomic E-state index is 10.1. The smallest absolute Gasteiger partial charge is 0.141 e. The van der Waals surface area contributed by atoms with Crippen LogP contribution < -0.4 is 0 Å². The van der Waals surface area contributed by atoms with Crippen molar-refractivity contribution in [3.05, 3.63) is 22.2 Å². The van der Waals surface area contributed by atoms with Gasteiger partial charge in [0.15, 0.2) is 0 Å². The van der Waals surface area contributed by atoms with Crippen molar-refractivity contribution in [3.63, 3.8) is 0 Å². The van der Waals surface area contributed by atoms with Crippen LogP contribution in [0.4, 0.5) is 0 Å². The van der Waals surface area contributed by atoms with Crippen molar-refractivity contribution in [2.45, 2.75) is 65.2 Å². The highest BCUT2D eigenvalue weighted by atomic mass is 35.5. The molecular weight excluding hydrogens is 260 g/mol. The molecule has 1 rings (SSSR count). The van der Waals surface area contributed by atoms with E-state index in [4.69, 9.17) is 11.6 Å². The lowest BCUT2D eigenvalue weighted by atomic mass is 9.96. The summed E-state index contributed by atoms with van der Waals surface area (Å²) in [6, 6.07) is 1.72. The predicted molar refractivity (Wildman–Crippen MR) is 81.2 cm³/mol. The molecule has 0 fully saturated rings. The van der Waals surface area contributed by atoms with Gasteiger partial charge in [0.1, 0.15) is 16.5 Å². The van der Waals surface area contributed by atoms with Crippen LogP contribution in [0, 0.1) is 0 Å². The lowest BCUT2D eigenvalue weighted by molar-refractivity contribution is 0.443. The van der Waals surface area contributed by atoms with E-state index < -0.39 is 0 Å².